The van der Waals surface area contributed by atoms with Gasteiger partial charge in [-0.1, -0.05) is 0 Å². The molecule has 0 saturated carbocycles. The van der Waals surface area contributed by atoms with Crippen LogP contribution in [0.5, 0.6) is 0 Å². The van der Waals surface area contributed by atoms with Gasteiger partial charge in [0, 0.05) is 29.4 Å². The summed E-state index contributed by atoms with van der Waals surface area (Å²) in [6, 6.07) is 3.60. The Kier molecular flexibility index (Phi) is 5.15. The molecule has 2 N–H and O–H groups in total. The van der Waals surface area contributed by atoms with Gasteiger partial charge in [0.25, 0.3) is 5.91 Å². The lowest BCUT2D eigenvalue weighted by molar-refractivity contribution is 0.0940. The van der Waals surface area contributed by atoms with E-state index in [1.54, 1.807) is 18.3 Å². The van der Waals surface area contributed by atoms with Crippen molar-refractivity contribution in [2.24, 2.45) is 0 Å². The molecule has 0 aliphatic heterocycles. The van der Waals surface area contributed by atoms with Crippen molar-refractivity contribution in [1.82, 2.24) is 15.2 Å². The van der Waals surface area contributed by atoms with Crippen molar-refractivity contribution >= 4 is 17.2 Å². The van der Waals surface area contributed by atoms with Crippen LogP contribution in [0.25, 0.3) is 0 Å². The lowest BCUT2D eigenvalue weighted by Crippen LogP contribution is -2.36. The van der Waals surface area contributed by atoms with E-state index in [1.807, 2.05) is 19.5 Å². The first-order valence-corrected chi connectivity index (χ1v) is 7.96. The number of H-pyrrole nitrogens is 1. The van der Waals surface area contributed by atoms with E-state index in [-0.39, 0.29) is 22.9 Å². The molecule has 0 spiro atoms. The number of likely N-dealkylation sites (N-methyl/N-ethyl adjacent to an activating group) is 1. The molecule has 5 nitrogen and oxygen atoms in total. The van der Waals surface area contributed by atoms with Crippen LogP contribution in [0.3, 0.4) is 0 Å². The van der Waals surface area contributed by atoms with E-state index in [0.717, 1.165) is 5.69 Å². The van der Waals surface area contributed by atoms with Crippen LogP contribution in [0.1, 0.15) is 32.5 Å². The van der Waals surface area contributed by atoms with Gasteiger partial charge in [0.2, 0.25) is 0 Å². The molecule has 0 bridgehead atoms. The highest BCUT2D eigenvalue weighted by Crippen LogP contribution is 2.26. The lowest BCUT2D eigenvalue weighted by Gasteiger charge is -2.24. The Labute approximate surface area is 134 Å². The Morgan fingerprint density at radius 1 is 1.41 bits per heavy atom. The Bertz CT molecular complexity index is 718. The maximum Gasteiger partial charge on any atom is 0.256 e. The number of pyridine rings is 1. The first-order chi connectivity index (χ1) is 10.4. The number of carbonyl (C=O) groups is 1. The third-order valence-electron chi connectivity index (χ3n) is 3.59. The molecule has 6 heteroatoms. The van der Waals surface area contributed by atoms with Gasteiger partial charge in [-0.05, 0) is 45.0 Å². The van der Waals surface area contributed by atoms with Crippen LogP contribution in [0.2, 0.25) is 0 Å². The van der Waals surface area contributed by atoms with E-state index in [1.165, 1.54) is 22.7 Å². The van der Waals surface area contributed by atoms with E-state index in [0.29, 0.717) is 6.54 Å². The van der Waals surface area contributed by atoms with E-state index in [9.17, 15) is 9.59 Å². The third kappa shape index (κ3) is 3.64. The number of thiophene rings is 1. The summed E-state index contributed by atoms with van der Waals surface area (Å²) < 4.78 is 0. The number of aromatic nitrogens is 1. The van der Waals surface area contributed by atoms with Crippen molar-refractivity contribution < 1.29 is 4.79 Å². The quantitative estimate of drug-likeness (QED) is 0.887. The maximum absolute atomic E-state index is 12.2. The molecule has 0 saturated heterocycles. The minimum Gasteiger partial charge on any atom is -0.364 e. The second-order valence-electron chi connectivity index (χ2n) is 5.55. The highest BCUT2D eigenvalue weighted by molar-refractivity contribution is 7.10. The molecule has 2 heterocycles. The zero-order valence-corrected chi connectivity index (χ0v) is 14.1. The molecule has 22 heavy (non-hydrogen) atoms. The summed E-state index contributed by atoms with van der Waals surface area (Å²) in [6.45, 7) is 4.31. The number of rotatable bonds is 5. The molecular weight excluding hydrogens is 298 g/mol. The molecule has 118 valence electrons. The molecule has 2 aromatic rings. The molecule has 0 fully saturated rings. The smallest absolute Gasteiger partial charge is 0.256 e. The summed E-state index contributed by atoms with van der Waals surface area (Å²) in [7, 11) is 3.96. The summed E-state index contributed by atoms with van der Waals surface area (Å²) in [5, 5.41) is 4.91. The SMILES string of the molecule is Cc1cc(=O)c(C(=O)NCC(c2sccc2C)N(C)C)c[nH]1. The summed E-state index contributed by atoms with van der Waals surface area (Å²) in [5.41, 5.74) is 1.83. The number of nitrogens with zero attached hydrogens (tertiary/aromatic N) is 1. The summed E-state index contributed by atoms with van der Waals surface area (Å²) >= 11 is 1.68. The standard InChI is InChI=1S/C16H21N3O2S/c1-10-5-6-22-15(10)13(19(3)4)9-18-16(21)12-8-17-11(2)7-14(12)20/h5-8,13H,9H2,1-4H3,(H,17,20)(H,18,21). The summed E-state index contributed by atoms with van der Waals surface area (Å²) in [5.74, 6) is -0.345. The molecule has 2 rings (SSSR count). The van der Waals surface area contributed by atoms with Crippen LogP contribution in [-0.4, -0.2) is 36.4 Å². The first kappa shape index (κ1) is 16.5. The van der Waals surface area contributed by atoms with Crippen molar-refractivity contribution in [2.75, 3.05) is 20.6 Å². The fourth-order valence-corrected chi connectivity index (χ4v) is 3.39. The van der Waals surface area contributed by atoms with E-state index in [4.69, 9.17) is 0 Å². The second kappa shape index (κ2) is 6.89. The Morgan fingerprint density at radius 3 is 2.68 bits per heavy atom. The van der Waals surface area contributed by atoms with Gasteiger partial charge in [0.1, 0.15) is 5.56 Å². The zero-order valence-electron chi connectivity index (χ0n) is 13.3. The van der Waals surface area contributed by atoms with E-state index >= 15 is 0 Å². The van der Waals surface area contributed by atoms with Crippen LogP contribution in [0.15, 0.2) is 28.5 Å². The van der Waals surface area contributed by atoms with Gasteiger partial charge in [-0.25, -0.2) is 0 Å². The maximum atomic E-state index is 12.2. The van der Waals surface area contributed by atoms with Crippen molar-refractivity contribution in [2.45, 2.75) is 19.9 Å². The summed E-state index contributed by atoms with van der Waals surface area (Å²) in [4.78, 5) is 30.3. The largest absolute Gasteiger partial charge is 0.364 e. The van der Waals surface area contributed by atoms with Gasteiger partial charge in [-0.2, -0.15) is 0 Å². The highest BCUT2D eigenvalue weighted by Gasteiger charge is 2.19. The van der Waals surface area contributed by atoms with Gasteiger partial charge in [-0.3, -0.25) is 9.59 Å². The number of nitrogens with one attached hydrogen (secondary N) is 2. The molecule has 0 aliphatic rings. The molecular formula is C16H21N3O2S. The number of aryl methyl sites for hydroxylation is 2. The molecule has 1 atom stereocenters. The molecule has 0 aliphatic carbocycles. The number of hydrogen-bond acceptors (Lipinski definition) is 4. The van der Waals surface area contributed by atoms with Crippen molar-refractivity contribution in [3.63, 3.8) is 0 Å². The van der Waals surface area contributed by atoms with Gasteiger partial charge in [0.15, 0.2) is 5.43 Å². The molecule has 2 aromatic heterocycles. The number of hydrogen-bond donors (Lipinski definition) is 2. The molecule has 0 aromatic carbocycles. The van der Waals surface area contributed by atoms with Crippen LogP contribution < -0.4 is 10.7 Å². The fourth-order valence-electron chi connectivity index (χ4n) is 2.27. The topological polar surface area (TPSA) is 65.2 Å². The Balaban J connectivity index is 2.11. The average molecular weight is 319 g/mol. The van der Waals surface area contributed by atoms with Crippen molar-refractivity contribution in [1.29, 1.82) is 0 Å². The average Bonchev–Trinajstić information content (AvgIpc) is 2.84. The minimum atomic E-state index is -0.345. The zero-order chi connectivity index (χ0) is 16.3. The molecule has 1 amide bonds. The number of aromatic amines is 1. The normalized spacial score (nSPS) is 12.4. The Hall–Kier alpha value is -1.92. The van der Waals surface area contributed by atoms with Crippen LogP contribution in [0, 0.1) is 13.8 Å². The fraction of sp³-hybridized carbons (Fsp3) is 0.375. The van der Waals surface area contributed by atoms with Gasteiger partial charge in [0.05, 0.1) is 6.04 Å². The van der Waals surface area contributed by atoms with E-state index in [2.05, 4.69) is 28.2 Å². The Morgan fingerprint density at radius 2 is 2.14 bits per heavy atom. The predicted octanol–water partition coefficient (Wildman–Crippen LogP) is 2.09. The number of amides is 1. The molecule has 1 unspecified atom stereocenters. The predicted molar refractivity (Wildman–Crippen MR) is 89.6 cm³/mol. The highest BCUT2D eigenvalue weighted by atomic mass is 32.1. The van der Waals surface area contributed by atoms with Gasteiger partial charge in [-0.15, -0.1) is 11.3 Å². The third-order valence-corrected chi connectivity index (χ3v) is 4.71. The second-order valence-corrected chi connectivity index (χ2v) is 6.50. The van der Waals surface area contributed by atoms with Crippen LogP contribution in [0.4, 0.5) is 0 Å². The van der Waals surface area contributed by atoms with Gasteiger partial charge >= 0.3 is 0 Å². The van der Waals surface area contributed by atoms with Crippen molar-refractivity contribution in [3.8, 4) is 0 Å². The molecule has 0 radical (unpaired) electrons. The number of carbonyl (C=O) groups excluding carboxylic acids is 1. The summed E-state index contributed by atoms with van der Waals surface area (Å²) in [6.07, 6.45) is 1.47. The van der Waals surface area contributed by atoms with Crippen LogP contribution in [-0.2, 0) is 0 Å². The first-order valence-electron chi connectivity index (χ1n) is 7.08. The minimum absolute atomic E-state index is 0.0912. The van der Waals surface area contributed by atoms with Crippen molar-refractivity contribution in [3.05, 3.63) is 55.6 Å². The lowest BCUT2D eigenvalue weighted by atomic mass is 10.1. The van der Waals surface area contributed by atoms with Crippen LogP contribution >= 0.6 is 11.3 Å². The van der Waals surface area contributed by atoms with Gasteiger partial charge < -0.3 is 15.2 Å². The van der Waals surface area contributed by atoms with E-state index < -0.39 is 0 Å². The monoisotopic (exact) mass is 319 g/mol.